The van der Waals surface area contributed by atoms with Gasteiger partial charge in [0.15, 0.2) is 0 Å². The average molecular weight is 277 g/mol. The fourth-order valence-electron chi connectivity index (χ4n) is 2.57. The predicted molar refractivity (Wildman–Crippen MR) is 86.8 cm³/mol. The number of nitrogens with one attached hydrogen (secondary N) is 1. The second-order valence-corrected chi connectivity index (χ2v) is 5.08. The lowest BCUT2D eigenvalue weighted by molar-refractivity contribution is 0.544. The molecule has 0 fully saturated rings. The van der Waals surface area contributed by atoms with E-state index in [9.17, 15) is 0 Å². The summed E-state index contributed by atoms with van der Waals surface area (Å²) in [6, 6.07) is 20.7. The van der Waals surface area contributed by atoms with Gasteiger partial charge in [-0.25, -0.2) is 0 Å². The fourth-order valence-corrected chi connectivity index (χ4v) is 2.57. The van der Waals surface area contributed by atoms with Crippen LogP contribution in [-0.4, -0.2) is 11.5 Å². The van der Waals surface area contributed by atoms with Crippen molar-refractivity contribution in [1.29, 1.82) is 0 Å². The normalized spacial score (nSPS) is 12.4. The van der Waals surface area contributed by atoms with Crippen LogP contribution in [0, 0.1) is 0 Å². The molecule has 3 rings (SSSR count). The Kier molecular flexibility index (Phi) is 4.24. The summed E-state index contributed by atoms with van der Waals surface area (Å²) in [6.07, 6.45) is 1.83. The third-order valence-electron chi connectivity index (χ3n) is 3.67. The van der Waals surface area contributed by atoms with E-state index in [2.05, 4.69) is 46.7 Å². The van der Waals surface area contributed by atoms with Gasteiger partial charge < -0.3 is 11.1 Å². The number of fused-ring (bicyclic) bond motifs is 1. The van der Waals surface area contributed by atoms with Crippen LogP contribution in [-0.2, 0) is 6.54 Å². The van der Waals surface area contributed by atoms with Gasteiger partial charge in [-0.05, 0) is 17.2 Å². The minimum Gasteiger partial charge on any atom is -0.329 e. The first-order valence-corrected chi connectivity index (χ1v) is 7.19. The quantitative estimate of drug-likeness (QED) is 0.753. The van der Waals surface area contributed by atoms with Gasteiger partial charge in [-0.1, -0.05) is 54.6 Å². The number of para-hydroxylation sites is 1. The van der Waals surface area contributed by atoms with Gasteiger partial charge in [0, 0.05) is 30.7 Å². The summed E-state index contributed by atoms with van der Waals surface area (Å²) in [6.45, 7) is 1.34. The molecule has 1 heterocycles. The second-order valence-electron chi connectivity index (χ2n) is 5.08. The minimum absolute atomic E-state index is 0.101. The molecule has 0 aliphatic heterocycles. The van der Waals surface area contributed by atoms with Crippen molar-refractivity contribution < 1.29 is 0 Å². The number of benzene rings is 2. The molecule has 0 saturated heterocycles. The minimum atomic E-state index is 0.101. The number of pyridine rings is 1. The maximum absolute atomic E-state index is 5.97. The van der Waals surface area contributed by atoms with Crippen molar-refractivity contribution >= 4 is 10.9 Å². The molecule has 0 saturated carbocycles. The van der Waals surface area contributed by atoms with Crippen LogP contribution in [0.3, 0.4) is 0 Å². The van der Waals surface area contributed by atoms with Crippen molar-refractivity contribution in [2.75, 3.05) is 6.54 Å². The predicted octanol–water partition coefficient (Wildman–Crippen LogP) is 3.02. The first-order chi connectivity index (χ1) is 10.4. The van der Waals surface area contributed by atoms with E-state index in [-0.39, 0.29) is 6.04 Å². The molecule has 1 aromatic heterocycles. The molecule has 106 valence electrons. The van der Waals surface area contributed by atoms with Crippen LogP contribution in [0.25, 0.3) is 10.9 Å². The van der Waals surface area contributed by atoms with Gasteiger partial charge in [-0.3, -0.25) is 4.98 Å². The Morgan fingerprint density at radius 3 is 2.57 bits per heavy atom. The van der Waals surface area contributed by atoms with Gasteiger partial charge in [0.05, 0.1) is 5.52 Å². The van der Waals surface area contributed by atoms with Gasteiger partial charge in [0.1, 0.15) is 0 Å². The van der Waals surface area contributed by atoms with Gasteiger partial charge in [-0.15, -0.1) is 0 Å². The largest absolute Gasteiger partial charge is 0.329 e. The molecule has 2 aromatic carbocycles. The number of aromatic nitrogens is 1. The number of nitrogens with two attached hydrogens (primary N) is 1. The Morgan fingerprint density at radius 1 is 0.952 bits per heavy atom. The van der Waals surface area contributed by atoms with Crippen molar-refractivity contribution in [1.82, 2.24) is 10.3 Å². The molecule has 3 aromatic rings. The summed E-state index contributed by atoms with van der Waals surface area (Å²) in [5.41, 5.74) is 9.41. The molecular weight excluding hydrogens is 258 g/mol. The molecule has 3 N–H and O–H groups in total. The second kappa shape index (κ2) is 6.48. The maximum Gasteiger partial charge on any atom is 0.0750 e. The monoisotopic (exact) mass is 277 g/mol. The van der Waals surface area contributed by atoms with E-state index in [0.717, 1.165) is 23.0 Å². The van der Waals surface area contributed by atoms with E-state index in [4.69, 9.17) is 5.73 Å². The van der Waals surface area contributed by atoms with E-state index < -0.39 is 0 Å². The highest BCUT2D eigenvalue weighted by atomic mass is 14.9. The summed E-state index contributed by atoms with van der Waals surface area (Å²) in [4.78, 5) is 4.51. The Morgan fingerprint density at radius 2 is 1.76 bits per heavy atom. The topological polar surface area (TPSA) is 50.9 Å². The van der Waals surface area contributed by atoms with Crippen LogP contribution in [0.15, 0.2) is 66.9 Å². The lowest BCUT2D eigenvalue weighted by atomic mass is 10.0. The molecule has 21 heavy (non-hydrogen) atoms. The van der Waals surface area contributed by atoms with Crippen molar-refractivity contribution in [3.8, 4) is 0 Å². The van der Waals surface area contributed by atoms with E-state index in [1.165, 1.54) is 5.56 Å². The number of nitrogens with zero attached hydrogens (tertiary/aromatic N) is 1. The number of rotatable bonds is 5. The standard InChI is InChI=1S/C18H19N3/c19-12-17(21-13-14-6-2-1-3-7-14)16-10-4-8-15-9-5-11-20-18(15)16/h1-11,17,21H,12-13,19H2. The molecule has 0 aliphatic rings. The smallest absolute Gasteiger partial charge is 0.0750 e. The number of hydrogen-bond donors (Lipinski definition) is 2. The zero-order valence-corrected chi connectivity index (χ0v) is 11.9. The molecule has 0 aliphatic carbocycles. The van der Waals surface area contributed by atoms with Gasteiger partial charge in [-0.2, -0.15) is 0 Å². The van der Waals surface area contributed by atoms with Crippen molar-refractivity contribution in [2.24, 2.45) is 5.73 Å². The molecule has 0 spiro atoms. The Balaban J connectivity index is 1.85. The summed E-state index contributed by atoms with van der Waals surface area (Å²) in [5.74, 6) is 0. The van der Waals surface area contributed by atoms with Crippen LogP contribution in [0.1, 0.15) is 17.2 Å². The Bertz CT molecular complexity index is 704. The lowest BCUT2D eigenvalue weighted by Crippen LogP contribution is -2.28. The summed E-state index contributed by atoms with van der Waals surface area (Å²) >= 11 is 0. The van der Waals surface area contributed by atoms with Crippen LogP contribution in [0.5, 0.6) is 0 Å². The van der Waals surface area contributed by atoms with Crippen molar-refractivity contribution in [3.05, 3.63) is 78.0 Å². The highest BCUT2D eigenvalue weighted by Gasteiger charge is 2.12. The maximum atomic E-state index is 5.97. The molecular formula is C18H19N3. The Hall–Kier alpha value is -2.23. The molecule has 0 amide bonds. The molecule has 1 atom stereocenters. The van der Waals surface area contributed by atoms with E-state index in [1.54, 1.807) is 0 Å². The van der Waals surface area contributed by atoms with E-state index in [1.807, 2.05) is 30.5 Å². The number of hydrogen-bond acceptors (Lipinski definition) is 3. The van der Waals surface area contributed by atoms with E-state index in [0.29, 0.717) is 6.54 Å². The highest BCUT2D eigenvalue weighted by molar-refractivity contribution is 5.82. The molecule has 3 nitrogen and oxygen atoms in total. The van der Waals surface area contributed by atoms with Crippen LogP contribution in [0.2, 0.25) is 0 Å². The molecule has 1 unspecified atom stereocenters. The zero-order valence-electron chi connectivity index (χ0n) is 11.9. The molecule has 3 heteroatoms. The lowest BCUT2D eigenvalue weighted by Gasteiger charge is -2.18. The van der Waals surface area contributed by atoms with Gasteiger partial charge in [0.2, 0.25) is 0 Å². The first kappa shape index (κ1) is 13.7. The summed E-state index contributed by atoms with van der Waals surface area (Å²) < 4.78 is 0. The average Bonchev–Trinajstić information content (AvgIpc) is 2.56. The SMILES string of the molecule is NCC(NCc1ccccc1)c1cccc2cccnc12. The van der Waals surface area contributed by atoms with Crippen LogP contribution in [0.4, 0.5) is 0 Å². The van der Waals surface area contributed by atoms with Gasteiger partial charge in [0.25, 0.3) is 0 Å². The Labute approximate surface area is 124 Å². The highest BCUT2D eigenvalue weighted by Crippen LogP contribution is 2.22. The van der Waals surface area contributed by atoms with E-state index >= 15 is 0 Å². The summed E-state index contributed by atoms with van der Waals surface area (Å²) in [7, 11) is 0. The van der Waals surface area contributed by atoms with Crippen molar-refractivity contribution in [3.63, 3.8) is 0 Å². The van der Waals surface area contributed by atoms with Crippen molar-refractivity contribution in [2.45, 2.75) is 12.6 Å². The fraction of sp³-hybridized carbons (Fsp3) is 0.167. The van der Waals surface area contributed by atoms with Gasteiger partial charge >= 0.3 is 0 Å². The third kappa shape index (κ3) is 3.10. The zero-order chi connectivity index (χ0) is 14.5. The third-order valence-corrected chi connectivity index (χ3v) is 3.67. The molecule has 0 bridgehead atoms. The molecule has 0 radical (unpaired) electrons. The summed E-state index contributed by atoms with van der Waals surface area (Å²) in [5, 5.41) is 4.68. The van der Waals surface area contributed by atoms with Crippen LogP contribution < -0.4 is 11.1 Å². The first-order valence-electron chi connectivity index (χ1n) is 7.19. The van der Waals surface area contributed by atoms with Crippen LogP contribution >= 0.6 is 0 Å².